The van der Waals surface area contributed by atoms with Gasteiger partial charge < -0.3 is 5.32 Å². The van der Waals surface area contributed by atoms with Crippen LogP contribution in [0.5, 0.6) is 0 Å². The third-order valence-corrected chi connectivity index (χ3v) is 5.50. The van der Waals surface area contributed by atoms with Gasteiger partial charge in [-0.3, -0.25) is 4.90 Å². The van der Waals surface area contributed by atoms with E-state index in [1.165, 1.54) is 30.4 Å². The number of rotatable bonds is 1. The normalized spacial score (nSPS) is 24.2. The summed E-state index contributed by atoms with van der Waals surface area (Å²) in [6.45, 7) is 8.75. The van der Waals surface area contributed by atoms with E-state index in [0.29, 0.717) is 12.0 Å². The molecule has 1 atom stereocenters. The first kappa shape index (κ1) is 16.4. The van der Waals surface area contributed by atoms with Gasteiger partial charge in [-0.25, -0.2) is 4.79 Å². The van der Waals surface area contributed by atoms with Gasteiger partial charge in [0.15, 0.2) is 0 Å². The van der Waals surface area contributed by atoms with E-state index >= 15 is 0 Å². The Morgan fingerprint density at radius 2 is 1.91 bits per heavy atom. The van der Waals surface area contributed by atoms with Crippen LogP contribution in [0.1, 0.15) is 76.3 Å². The number of benzene rings is 1. The van der Waals surface area contributed by atoms with Gasteiger partial charge in [-0.15, -0.1) is 0 Å². The summed E-state index contributed by atoms with van der Waals surface area (Å²) < 4.78 is 0. The standard InChI is InChI=1S/C20H30N2O/c1-14-10-11-17-15(2)13-20(3,4)22(18(17)12-14)19(23)21-16-8-6-5-7-9-16/h10-12,15-16H,5-9,13H2,1-4H3,(H,21,23)/t15-/m1/s1. The third-order valence-electron chi connectivity index (χ3n) is 5.50. The second kappa shape index (κ2) is 6.18. The smallest absolute Gasteiger partial charge is 0.322 e. The van der Waals surface area contributed by atoms with Crippen LogP contribution >= 0.6 is 0 Å². The maximum atomic E-state index is 13.1. The topological polar surface area (TPSA) is 32.3 Å². The molecular weight excluding hydrogens is 284 g/mol. The van der Waals surface area contributed by atoms with E-state index in [-0.39, 0.29) is 11.6 Å². The van der Waals surface area contributed by atoms with Crippen molar-refractivity contribution in [1.82, 2.24) is 5.32 Å². The van der Waals surface area contributed by atoms with Gasteiger partial charge in [-0.05, 0) is 63.1 Å². The van der Waals surface area contributed by atoms with Crippen molar-refractivity contribution in [2.45, 2.75) is 83.7 Å². The molecule has 126 valence electrons. The maximum absolute atomic E-state index is 13.1. The second-order valence-corrected chi connectivity index (χ2v) is 8.10. The summed E-state index contributed by atoms with van der Waals surface area (Å²) >= 11 is 0. The zero-order valence-corrected chi connectivity index (χ0v) is 15.0. The molecular formula is C20H30N2O. The predicted octanol–water partition coefficient (Wildman–Crippen LogP) is 5.13. The molecule has 23 heavy (non-hydrogen) atoms. The monoisotopic (exact) mass is 314 g/mol. The summed E-state index contributed by atoms with van der Waals surface area (Å²) in [6.07, 6.45) is 7.03. The number of hydrogen-bond donors (Lipinski definition) is 1. The molecule has 3 heteroatoms. The number of nitrogens with zero attached hydrogens (tertiary/aromatic N) is 1. The van der Waals surface area contributed by atoms with Crippen molar-refractivity contribution in [2.75, 3.05) is 4.90 Å². The number of nitrogens with one attached hydrogen (secondary N) is 1. The molecule has 0 bridgehead atoms. The summed E-state index contributed by atoms with van der Waals surface area (Å²) in [5.41, 5.74) is 3.46. The van der Waals surface area contributed by atoms with Crippen molar-refractivity contribution in [1.29, 1.82) is 0 Å². The fraction of sp³-hybridized carbons (Fsp3) is 0.650. The highest BCUT2D eigenvalue weighted by molar-refractivity contribution is 5.95. The molecule has 1 N–H and O–H groups in total. The van der Waals surface area contributed by atoms with E-state index in [0.717, 1.165) is 24.9 Å². The molecule has 2 aliphatic rings. The van der Waals surface area contributed by atoms with Crippen LogP contribution in [0.4, 0.5) is 10.5 Å². The summed E-state index contributed by atoms with van der Waals surface area (Å²) in [5, 5.41) is 3.31. The molecule has 0 aromatic heterocycles. The Morgan fingerprint density at radius 3 is 2.61 bits per heavy atom. The summed E-state index contributed by atoms with van der Waals surface area (Å²) in [4.78, 5) is 15.1. The van der Waals surface area contributed by atoms with E-state index in [9.17, 15) is 4.79 Å². The lowest BCUT2D eigenvalue weighted by atomic mass is 9.80. The summed E-state index contributed by atoms with van der Waals surface area (Å²) in [7, 11) is 0. The fourth-order valence-electron chi connectivity index (χ4n) is 4.41. The van der Waals surface area contributed by atoms with Crippen molar-refractivity contribution in [2.24, 2.45) is 0 Å². The Labute approximate surface area is 140 Å². The molecule has 3 nitrogen and oxygen atoms in total. The molecule has 0 radical (unpaired) electrons. The molecule has 1 saturated carbocycles. The fourth-order valence-corrected chi connectivity index (χ4v) is 4.41. The Balaban J connectivity index is 1.90. The minimum Gasteiger partial charge on any atom is -0.335 e. The molecule has 1 aliphatic carbocycles. The zero-order chi connectivity index (χ0) is 16.6. The first-order valence-electron chi connectivity index (χ1n) is 9.10. The van der Waals surface area contributed by atoms with Gasteiger partial charge in [0.25, 0.3) is 0 Å². The number of urea groups is 1. The second-order valence-electron chi connectivity index (χ2n) is 8.10. The van der Waals surface area contributed by atoms with Gasteiger partial charge >= 0.3 is 6.03 Å². The third kappa shape index (κ3) is 3.24. The number of carbonyl (C=O) groups excluding carboxylic acids is 1. The van der Waals surface area contributed by atoms with E-state index in [4.69, 9.17) is 0 Å². The van der Waals surface area contributed by atoms with Gasteiger partial charge in [0.1, 0.15) is 0 Å². The van der Waals surface area contributed by atoms with Gasteiger partial charge in [0, 0.05) is 17.3 Å². The minimum atomic E-state index is -0.154. The largest absolute Gasteiger partial charge is 0.335 e. The lowest BCUT2D eigenvalue weighted by molar-refractivity contribution is 0.228. The highest BCUT2D eigenvalue weighted by Crippen LogP contribution is 2.43. The molecule has 2 amide bonds. The number of amides is 2. The van der Waals surface area contributed by atoms with Crippen LogP contribution in [0.3, 0.4) is 0 Å². The average Bonchev–Trinajstić information content (AvgIpc) is 2.46. The highest BCUT2D eigenvalue weighted by Gasteiger charge is 2.40. The Kier molecular flexibility index (Phi) is 4.39. The van der Waals surface area contributed by atoms with Gasteiger partial charge in [-0.2, -0.15) is 0 Å². The first-order valence-corrected chi connectivity index (χ1v) is 9.10. The molecule has 1 aliphatic heterocycles. The van der Waals surface area contributed by atoms with E-state index in [2.05, 4.69) is 51.2 Å². The Morgan fingerprint density at radius 1 is 1.22 bits per heavy atom. The molecule has 1 heterocycles. The molecule has 3 rings (SSSR count). The number of fused-ring (bicyclic) bond motifs is 1. The van der Waals surface area contributed by atoms with Crippen LogP contribution < -0.4 is 10.2 Å². The highest BCUT2D eigenvalue weighted by atomic mass is 16.2. The first-order chi connectivity index (χ1) is 10.9. The molecule has 1 fully saturated rings. The Bertz CT molecular complexity index is 587. The molecule has 1 aromatic rings. The number of anilines is 1. The predicted molar refractivity (Wildman–Crippen MR) is 96.2 cm³/mol. The van der Waals surface area contributed by atoms with Crippen molar-refractivity contribution in [3.05, 3.63) is 29.3 Å². The van der Waals surface area contributed by atoms with Crippen LogP contribution in [0, 0.1) is 6.92 Å². The van der Waals surface area contributed by atoms with Crippen LogP contribution in [-0.2, 0) is 0 Å². The lowest BCUT2D eigenvalue weighted by Gasteiger charge is -2.46. The van der Waals surface area contributed by atoms with E-state index in [1.807, 2.05) is 4.90 Å². The lowest BCUT2D eigenvalue weighted by Crippen LogP contribution is -2.57. The van der Waals surface area contributed by atoms with Crippen molar-refractivity contribution >= 4 is 11.7 Å². The van der Waals surface area contributed by atoms with Gasteiger partial charge in [-0.1, -0.05) is 38.3 Å². The number of aryl methyl sites for hydroxylation is 1. The molecule has 0 saturated heterocycles. The van der Waals surface area contributed by atoms with Gasteiger partial charge in [0.05, 0.1) is 0 Å². The van der Waals surface area contributed by atoms with Crippen LogP contribution in [0.25, 0.3) is 0 Å². The zero-order valence-electron chi connectivity index (χ0n) is 15.0. The quantitative estimate of drug-likeness (QED) is 0.765. The Hall–Kier alpha value is -1.51. The molecule has 0 unspecified atom stereocenters. The van der Waals surface area contributed by atoms with Crippen LogP contribution in [-0.4, -0.2) is 17.6 Å². The van der Waals surface area contributed by atoms with Gasteiger partial charge in [0.2, 0.25) is 0 Å². The summed E-state index contributed by atoms with van der Waals surface area (Å²) in [6, 6.07) is 6.96. The summed E-state index contributed by atoms with van der Waals surface area (Å²) in [5.74, 6) is 0.485. The minimum absolute atomic E-state index is 0.0839. The average molecular weight is 314 g/mol. The van der Waals surface area contributed by atoms with Crippen LogP contribution in [0.2, 0.25) is 0 Å². The number of hydrogen-bond acceptors (Lipinski definition) is 1. The molecule has 1 aromatic carbocycles. The maximum Gasteiger partial charge on any atom is 0.322 e. The van der Waals surface area contributed by atoms with Crippen molar-refractivity contribution in [3.8, 4) is 0 Å². The van der Waals surface area contributed by atoms with E-state index in [1.54, 1.807) is 0 Å². The van der Waals surface area contributed by atoms with E-state index < -0.39 is 0 Å². The van der Waals surface area contributed by atoms with Crippen LogP contribution in [0.15, 0.2) is 18.2 Å². The van der Waals surface area contributed by atoms with Crippen molar-refractivity contribution in [3.63, 3.8) is 0 Å². The van der Waals surface area contributed by atoms with Crippen molar-refractivity contribution < 1.29 is 4.79 Å². The SMILES string of the molecule is Cc1ccc2c(c1)N(C(=O)NC1CCCCC1)C(C)(C)C[C@H]2C. The molecule has 0 spiro atoms. The number of carbonyl (C=O) groups is 1.